The van der Waals surface area contributed by atoms with Gasteiger partial charge in [-0.25, -0.2) is 9.78 Å². The lowest BCUT2D eigenvalue weighted by atomic mass is 10.1. The highest BCUT2D eigenvalue weighted by Gasteiger charge is 2.24. The molecule has 0 saturated carbocycles. The molecule has 0 radical (unpaired) electrons. The van der Waals surface area contributed by atoms with Crippen molar-refractivity contribution in [2.75, 3.05) is 11.4 Å². The quantitative estimate of drug-likeness (QED) is 0.872. The molecule has 1 aliphatic rings. The molecule has 0 aliphatic carbocycles. The Labute approximate surface area is 104 Å². The minimum absolute atomic E-state index is 0.189. The summed E-state index contributed by atoms with van der Waals surface area (Å²) in [7, 11) is 0. The highest BCUT2D eigenvalue weighted by Crippen LogP contribution is 2.26. The van der Waals surface area contributed by atoms with Gasteiger partial charge in [-0.05, 0) is 19.4 Å². The van der Waals surface area contributed by atoms with Crippen LogP contribution in [0.15, 0.2) is 24.5 Å². The average molecular weight is 243 g/mol. The molecular formula is C13H13N3O2. The van der Waals surface area contributed by atoms with Crippen LogP contribution in [-0.4, -0.2) is 33.6 Å². The number of anilines is 1. The molecule has 1 saturated heterocycles. The number of fused-ring (bicyclic) bond motifs is 1. The van der Waals surface area contributed by atoms with Crippen LogP contribution in [0.1, 0.15) is 23.7 Å². The first-order chi connectivity index (χ1) is 8.65. The van der Waals surface area contributed by atoms with Crippen LogP contribution in [0.25, 0.3) is 10.9 Å². The number of hydrogen-bond donors (Lipinski definition) is 1. The highest BCUT2D eigenvalue weighted by atomic mass is 16.4. The van der Waals surface area contributed by atoms with E-state index in [-0.39, 0.29) is 5.56 Å². The highest BCUT2D eigenvalue weighted by molar-refractivity contribution is 5.92. The van der Waals surface area contributed by atoms with Gasteiger partial charge >= 0.3 is 5.97 Å². The van der Waals surface area contributed by atoms with Crippen molar-refractivity contribution in [2.24, 2.45) is 0 Å². The van der Waals surface area contributed by atoms with Gasteiger partial charge in [-0.3, -0.25) is 4.98 Å². The predicted octanol–water partition coefficient (Wildman–Crippen LogP) is 1.93. The molecule has 1 N–H and O–H groups in total. The Kier molecular flexibility index (Phi) is 2.40. The van der Waals surface area contributed by atoms with E-state index >= 15 is 0 Å². The molecule has 0 bridgehead atoms. The molecule has 3 heterocycles. The number of aromatic nitrogens is 2. The van der Waals surface area contributed by atoms with E-state index in [0.717, 1.165) is 23.3 Å². The maximum absolute atomic E-state index is 10.8. The summed E-state index contributed by atoms with van der Waals surface area (Å²) in [6.07, 6.45) is 4.26. The molecule has 5 heteroatoms. The summed E-state index contributed by atoms with van der Waals surface area (Å²) in [5.74, 6) is -0.0540. The van der Waals surface area contributed by atoms with Crippen LogP contribution in [0, 0.1) is 0 Å². The average Bonchev–Trinajstić information content (AvgIpc) is 2.36. The Morgan fingerprint density at radius 1 is 1.39 bits per heavy atom. The third-order valence-corrected chi connectivity index (χ3v) is 3.41. The van der Waals surface area contributed by atoms with E-state index in [0.29, 0.717) is 6.04 Å². The van der Waals surface area contributed by atoms with Crippen LogP contribution in [0.5, 0.6) is 0 Å². The third-order valence-electron chi connectivity index (χ3n) is 3.41. The van der Waals surface area contributed by atoms with Crippen molar-refractivity contribution in [3.8, 4) is 0 Å². The zero-order chi connectivity index (χ0) is 12.7. The van der Waals surface area contributed by atoms with Crippen molar-refractivity contribution in [1.29, 1.82) is 0 Å². The minimum Gasteiger partial charge on any atom is -0.478 e. The van der Waals surface area contributed by atoms with E-state index in [1.807, 2.05) is 6.07 Å². The standard InChI is InChI=1S/C13H13N3O2/c1-8-2-3-16(8)12-5-11-9(6-15-12)4-10(7-14-11)13(17)18/h4-8H,2-3H2,1H3,(H,17,18)/t8-/m0/s1. The van der Waals surface area contributed by atoms with Crippen molar-refractivity contribution in [3.05, 3.63) is 30.1 Å². The fourth-order valence-electron chi connectivity index (χ4n) is 2.14. The number of carbonyl (C=O) groups is 1. The van der Waals surface area contributed by atoms with Gasteiger partial charge < -0.3 is 10.0 Å². The lowest BCUT2D eigenvalue weighted by Gasteiger charge is -2.39. The van der Waals surface area contributed by atoms with E-state index in [1.54, 1.807) is 12.3 Å². The van der Waals surface area contributed by atoms with Gasteiger partial charge in [0.05, 0.1) is 11.1 Å². The molecule has 3 rings (SSSR count). The molecular weight excluding hydrogens is 230 g/mol. The van der Waals surface area contributed by atoms with E-state index < -0.39 is 5.97 Å². The maximum Gasteiger partial charge on any atom is 0.337 e. The monoisotopic (exact) mass is 243 g/mol. The van der Waals surface area contributed by atoms with Crippen LogP contribution < -0.4 is 4.90 Å². The fourth-order valence-corrected chi connectivity index (χ4v) is 2.14. The predicted molar refractivity (Wildman–Crippen MR) is 67.9 cm³/mol. The molecule has 5 nitrogen and oxygen atoms in total. The van der Waals surface area contributed by atoms with Gasteiger partial charge in [-0.1, -0.05) is 0 Å². The summed E-state index contributed by atoms with van der Waals surface area (Å²) in [5.41, 5.74) is 0.971. The summed E-state index contributed by atoms with van der Waals surface area (Å²) in [4.78, 5) is 21.6. The number of carboxylic acids is 1. The number of aromatic carboxylic acids is 1. The van der Waals surface area contributed by atoms with E-state index in [2.05, 4.69) is 21.8 Å². The van der Waals surface area contributed by atoms with Crippen molar-refractivity contribution >= 4 is 22.7 Å². The SMILES string of the molecule is C[C@H]1CCN1c1cc2ncc(C(=O)O)cc2cn1. The Bertz CT molecular complexity index is 627. The van der Waals surface area contributed by atoms with Gasteiger partial charge in [-0.2, -0.15) is 0 Å². The van der Waals surface area contributed by atoms with E-state index in [4.69, 9.17) is 5.11 Å². The van der Waals surface area contributed by atoms with Gasteiger partial charge in [-0.15, -0.1) is 0 Å². The molecule has 1 atom stereocenters. The number of rotatable bonds is 2. The summed E-state index contributed by atoms with van der Waals surface area (Å²) in [6.45, 7) is 3.18. The molecule has 1 aliphatic heterocycles. The van der Waals surface area contributed by atoms with Crippen LogP contribution in [-0.2, 0) is 0 Å². The van der Waals surface area contributed by atoms with Gasteiger partial charge in [0.2, 0.25) is 0 Å². The first-order valence-electron chi connectivity index (χ1n) is 5.91. The summed E-state index contributed by atoms with van der Waals surface area (Å²) < 4.78 is 0. The molecule has 0 amide bonds. The molecule has 0 unspecified atom stereocenters. The van der Waals surface area contributed by atoms with Crippen molar-refractivity contribution < 1.29 is 9.90 Å². The van der Waals surface area contributed by atoms with Gasteiger partial charge in [0, 0.05) is 36.4 Å². The van der Waals surface area contributed by atoms with Gasteiger partial charge in [0.15, 0.2) is 0 Å². The Hall–Kier alpha value is -2.17. The smallest absolute Gasteiger partial charge is 0.337 e. The minimum atomic E-state index is -0.968. The van der Waals surface area contributed by atoms with Crippen LogP contribution in [0.3, 0.4) is 0 Å². The van der Waals surface area contributed by atoms with E-state index in [9.17, 15) is 4.79 Å². The third kappa shape index (κ3) is 1.68. The first kappa shape index (κ1) is 11.0. The zero-order valence-electron chi connectivity index (χ0n) is 10.00. The summed E-state index contributed by atoms with van der Waals surface area (Å²) >= 11 is 0. The summed E-state index contributed by atoms with van der Waals surface area (Å²) in [5, 5.41) is 9.66. The summed E-state index contributed by atoms with van der Waals surface area (Å²) in [6, 6.07) is 4.03. The molecule has 2 aromatic heterocycles. The first-order valence-corrected chi connectivity index (χ1v) is 5.91. The molecule has 18 heavy (non-hydrogen) atoms. The maximum atomic E-state index is 10.8. The van der Waals surface area contributed by atoms with Gasteiger partial charge in [0.1, 0.15) is 5.82 Å². The van der Waals surface area contributed by atoms with Crippen molar-refractivity contribution in [3.63, 3.8) is 0 Å². The zero-order valence-corrected chi connectivity index (χ0v) is 10.00. The van der Waals surface area contributed by atoms with E-state index in [1.165, 1.54) is 12.6 Å². The normalized spacial score (nSPS) is 18.7. The number of pyridine rings is 2. The number of nitrogens with zero attached hydrogens (tertiary/aromatic N) is 3. The second-order valence-corrected chi connectivity index (χ2v) is 4.60. The molecule has 1 fully saturated rings. The molecule has 2 aromatic rings. The lowest BCUT2D eigenvalue weighted by Crippen LogP contribution is -2.46. The second kappa shape index (κ2) is 3.94. The molecule has 0 aromatic carbocycles. The number of carboxylic acid groups (broad SMARTS) is 1. The Balaban J connectivity index is 2.03. The number of hydrogen-bond acceptors (Lipinski definition) is 4. The Morgan fingerprint density at radius 3 is 2.83 bits per heavy atom. The second-order valence-electron chi connectivity index (χ2n) is 4.60. The topological polar surface area (TPSA) is 66.3 Å². The Morgan fingerprint density at radius 2 is 2.22 bits per heavy atom. The van der Waals surface area contributed by atoms with Crippen LogP contribution in [0.4, 0.5) is 5.82 Å². The largest absolute Gasteiger partial charge is 0.478 e. The van der Waals surface area contributed by atoms with Crippen LogP contribution >= 0.6 is 0 Å². The van der Waals surface area contributed by atoms with Crippen molar-refractivity contribution in [2.45, 2.75) is 19.4 Å². The molecule has 0 spiro atoms. The molecule has 92 valence electrons. The van der Waals surface area contributed by atoms with Gasteiger partial charge in [0.25, 0.3) is 0 Å². The van der Waals surface area contributed by atoms with Crippen LogP contribution in [0.2, 0.25) is 0 Å². The van der Waals surface area contributed by atoms with Crippen molar-refractivity contribution in [1.82, 2.24) is 9.97 Å². The fraction of sp³-hybridized carbons (Fsp3) is 0.308. The lowest BCUT2D eigenvalue weighted by molar-refractivity contribution is 0.0696.